The highest BCUT2D eigenvalue weighted by Crippen LogP contribution is 2.27. The van der Waals surface area contributed by atoms with Crippen LogP contribution in [0, 0.1) is 0 Å². The van der Waals surface area contributed by atoms with E-state index >= 15 is 0 Å². The summed E-state index contributed by atoms with van der Waals surface area (Å²) in [5.74, 6) is 0.0500. The summed E-state index contributed by atoms with van der Waals surface area (Å²) in [7, 11) is 0. The van der Waals surface area contributed by atoms with Crippen molar-refractivity contribution in [1.29, 1.82) is 0 Å². The van der Waals surface area contributed by atoms with Crippen molar-refractivity contribution in [3.63, 3.8) is 0 Å². The van der Waals surface area contributed by atoms with Crippen molar-refractivity contribution in [1.82, 2.24) is 15.1 Å². The van der Waals surface area contributed by atoms with E-state index in [1.54, 1.807) is 4.68 Å². The molecule has 5 heteroatoms. The number of hydrogen-bond donors (Lipinski definition) is 2. The van der Waals surface area contributed by atoms with Crippen LogP contribution in [0.15, 0.2) is 6.20 Å². The summed E-state index contributed by atoms with van der Waals surface area (Å²) < 4.78 is 1.63. The Morgan fingerprint density at radius 3 is 3.00 bits per heavy atom. The molecule has 0 aliphatic carbocycles. The average Bonchev–Trinajstić information content (AvgIpc) is 2.49. The molecule has 1 aromatic rings. The van der Waals surface area contributed by atoms with Crippen LogP contribution in [0.5, 0.6) is 5.75 Å². The summed E-state index contributed by atoms with van der Waals surface area (Å²) in [4.78, 5) is 0. The van der Waals surface area contributed by atoms with Crippen molar-refractivity contribution in [3.8, 4) is 5.75 Å². The number of piperidine rings is 1. The molecule has 1 aromatic heterocycles. The summed E-state index contributed by atoms with van der Waals surface area (Å²) in [6, 6.07) is 0. The predicted octanol–water partition coefficient (Wildman–Crippen LogP) is 1.51. The van der Waals surface area contributed by atoms with E-state index in [1.807, 2.05) is 0 Å². The molecule has 1 atom stereocenters. The second-order valence-electron chi connectivity index (χ2n) is 3.23. The van der Waals surface area contributed by atoms with Crippen LogP contribution >= 0.6 is 11.6 Å². The van der Waals surface area contributed by atoms with E-state index in [1.165, 1.54) is 19.0 Å². The zero-order valence-electron chi connectivity index (χ0n) is 7.20. The second-order valence-corrected chi connectivity index (χ2v) is 3.59. The molecule has 1 unspecified atom stereocenters. The molecule has 1 saturated heterocycles. The monoisotopic (exact) mass is 201 g/mol. The van der Waals surface area contributed by atoms with Crippen LogP contribution in [-0.2, 0) is 0 Å². The first kappa shape index (κ1) is 8.84. The SMILES string of the molecule is Oc1cnn(C2CCCCN2)c1Cl. The zero-order chi connectivity index (χ0) is 9.26. The molecule has 0 spiro atoms. The second kappa shape index (κ2) is 3.55. The number of aromatic nitrogens is 2. The lowest BCUT2D eigenvalue weighted by atomic mass is 10.1. The van der Waals surface area contributed by atoms with Crippen LogP contribution in [0.3, 0.4) is 0 Å². The summed E-state index contributed by atoms with van der Waals surface area (Å²) in [6.07, 6.45) is 4.90. The molecule has 0 amide bonds. The summed E-state index contributed by atoms with van der Waals surface area (Å²) >= 11 is 5.85. The van der Waals surface area contributed by atoms with E-state index in [0.29, 0.717) is 5.15 Å². The molecule has 0 radical (unpaired) electrons. The Kier molecular flexibility index (Phi) is 2.42. The Morgan fingerprint density at radius 1 is 1.62 bits per heavy atom. The van der Waals surface area contributed by atoms with Gasteiger partial charge in [-0.1, -0.05) is 11.6 Å². The number of aromatic hydroxyl groups is 1. The summed E-state index contributed by atoms with van der Waals surface area (Å²) in [5.41, 5.74) is 0. The standard InChI is InChI=1S/C8H12ClN3O/c9-8-6(13)5-11-12(8)7-3-1-2-4-10-7/h5,7,10,13H,1-4H2. The average molecular weight is 202 g/mol. The van der Waals surface area contributed by atoms with Crippen LogP contribution in [0.2, 0.25) is 5.15 Å². The molecule has 13 heavy (non-hydrogen) atoms. The molecule has 2 heterocycles. The maximum absolute atomic E-state index is 9.23. The smallest absolute Gasteiger partial charge is 0.173 e. The molecule has 0 saturated carbocycles. The van der Waals surface area contributed by atoms with Gasteiger partial charge >= 0.3 is 0 Å². The minimum absolute atomic E-state index is 0.0500. The molecule has 0 aromatic carbocycles. The van der Waals surface area contributed by atoms with Crippen LogP contribution in [0.4, 0.5) is 0 Å². The predicted molar refractivity (Wildman–Crippen MR) is 49.8 cm³/mol. The van der Waals surface area contributed by atoms with Gasteiger partial charge in [0.25, 0.3) is 0 Å². The van der Waals surface area contributed by atoms with Crippen LogP contribution in [0.1, 0.15) is 25.4 Å². The lowest BCUT2D eigenvalue weighted by Crippen LogP contribution is -2.32. The Morgan fingerprint density at radius 2 is 2.46 bits per heavy atom. The van der Waals surface area contributed by atoms with Crippen LogP contribution in [0.25, 0.3) is 0 Å². The van der Waals surface area contributed by atoms with E-state index in [-0.39, 0.29) is 11.9 Å². The molecule has 1 fully saturated rings. The number of nitrogens with one attached hydrogen (secondary N) is 1. The molecule has 1 aliphatic rings. The third-order valence-corrected chi connectivity index (χ3v) is 2.66. The van der Waals surface area contributed by atoms with Crippen molar-refractivity contribution < 1.29 is 5.11 Å². The first-order chi connectivity index (χ1) is 6.29. The van der Waals surface area contributed by atoms with E-state index in [4.69, 9.17) is 11.6 Å². The van der Waals surface area contributed by atoms with Crippen molar-refractivity contribution in [3.05, 3.63) is 11.3 Å². The van der Waals surface area contributed by atoms with Gasteiger partial charge in [-0.05, 0) is 25.8 Å². The first-order valence-corrected chi connectivity index (χ1v) is 4.82. The highest BCUT2D eigenvalue weighted by Gasteiger charge is 2.18. The van der Waals surface area contributed by atoms with E-state index in [9.17, 15) is 5.11 Å². The molecular weight excluding hydrogens is 190 g/mol. The normalized spacial score (nSPS) is 23.3. The Balaban J connectivity index is 2.18. The third kappa shape index (κ3) is 1.64. The lowest BCUT2D eigenvalue weighted by Gasteiger charge is -2.24. The highest BCUT2D eigenvalue weighted by atomic mass is 35.5. The Hall–Kier alpha value is -0.740. The summed E-state index contributed by atoms with van der Waals surface area (Å²) in [5, 5.41) is 16.9. The van der Waals surface area contributed by atoms with Crippen molar-refractivity contribution >= 4 is 11.6 Å². The third-order valence-electron chi connectivity index (χ3n) is 2.30. The van der Waals surface area contributed by atoms with Crippen LogP contribution < -0.4 is 5.32 Å². The van der Waals surface area contributed by atoms with Gasteiger partial charge in [0.05, 0.1) is 6.20 Å². The quantitative estimate of drug-likeness (QED) is 0.724. The minimum atomic E-state index is 0.0500. The van der Waals surface area contributed by atoms with Gasteiger partial charge in [-0.3, -0.25) is 5.32 Å². The van der Waals surface area contributed by atoms with E-state index in [0.717, 1.165) is 13.0 Å². The minimum Gasteiger partial charge on any atom is -0.504 e. The van der Waals surface area contributed by atoms with Gasteiger partial charge in [0.2, 0.25) is 0 Å². The van der Waals surface area contributed by atoms with E-state index in [2.05, 4.69) is 10.4 Å². The van der Waals surface area contributed by atoms with Gasteiger partial charge in [-0.25, -0.2) is 4.68 Å². The van der Waals surface area contributed by atoms with Crippen molar-refractivity contribution in [2.75, 3.05) is 6.54 Å². The topological polar surface area (TPSA) is 50.1 Å². The van der Waals surface area contributed by atoms with Crippen molar-refractivity contribution in [2.24, 2.45) is 0 Å². The molecule has 72 valence electrons. The fourth-order valence-electron chi connectivity index (χ4n) is 1.60. The number of rotatable bonds is 1. The first-order valence-electron chi connectivity index (χ1n) is 4.44. The van der Waals surface area contributed by atoms with Gasteiger partial charge in [0, 0.05) is 0 Å². The highest BCUT2D eigenvalue weighted by molar-refractivity contribution is 6.30. The van der Waals surface area contributed by atoms with E-state index < -0.39 is 0 Å². The fourth-order valence-corrected chi connectivity index (χ4v) is 1.81. The lowest BCUT2D eigenvalue weighted by molar-refractivity contribution is 0.297. The molecular formula is C8H12ClN3O. The molecule has 4 nitrogen and oxygen atoms in total. The van der Waals surface area contributed by atoms with Gasteiger partial charge in [0.15, 0.2) is 10.9 Å². The van der Waals surface area contributed by atoms with Gasteiger partial charge in [-0.2, -0.15) is 5.10 Å². The van der Waals surface area contributed by atoms with Gasteiger partial charge in [0.1, 0.15) is 6.17 Å². The van der Waals surface area contributed by atoms with Gasteiger partial charge in [-0.15, -0.1) is 0 Å². The number of nitrogens with zero attached hydrogens (tertiary/aromatic N) is 2. The summed E-state index contributed by atoms with van der Waals surface area (Å²) in [6.45, 7) is 0.988. The Labute approximate surface area is 81.5 Å². The largest absolute Gasteiger partial charge is 0.504 e. The molecule has 2 N–H and O–H groups in total. The van der Waals surface area contributed by atoms with Crippen molar-refractivity contribution in [2.45, 2.75) is 25.4 Å². The van der Waals surface area contributed by atoms with Crippen LogP contribution in [-0.4, -0.2) is 21.4 Å². The van der Waals surface area contributed by atoms with Gasteiger partial charge < -0.3 is 5.11 Å². The Bertz CT molecular complexity index is 294. The molecule has 1 aliphatic heterocycles. The maximum atomic E-state index is 9.23. The zero-order valence-corrected chi connectivity index (χ0v) is 7.96. The molecule has 2 rings (SSSR count). The number of hydrogen-bond acceptors (Lipinski definition) is 3. The maximum Gasteiger partial charge on any atom is 0.173 e. The fraction of sp³-hybridized carbons (Fsp3) is 0.625. The molecule has 0 bridgehead atoms. The number of halogens is 1.